The second-order valence-electron chi connectivity index (χ2n) is 5.98. The summed E-state index contributed by atoms with van der Waals surface area (Å²) in [7, 11) is 0. The van der Waals surface area contributed by atoms with Crippen molar-refractivity contribution in [3.05, 3.63) is 94.8 Å². The molecule has 3 aromatic carbocycles. The van der Waals surface area contributed by atoms with Crippen LogP contribution in [-0.4, -0.2) is 18.7 Å². The van der Waals surface area contributed by atoms with Crippen molar-refractivity contribution in [2.24, 2.45) is 5.16 Å². The number of nitrogens with zero attached hydrogens (tertiary/aromatic N) is 1. The topological polar surface area (TPSA) is 59.9 Å². The minimum Gasteiger partial charge on any atom is -0.488 e. The molecule has 3 rings (SSSR count). The summed E-state index contributed by atoms with van der Waals surface area (Å²) in [4.78, 5) is 16.9. The Morgan fingerprint density at radius 1 is 1.07 bits per heavy atom. The van der Waals surface area contributed by atoms with Crippen molar-refractivity contribution in [2.75, 3.05) is 11.9 Å². The number of nitrogens with one attached hydrogen (secondary N) is 1. The predicted molar refractivity (Wildman–Crippen MR) is 111 cm³/mol. The number of carbonyl (C=O) groups is 1. The zero-order valence-electron chi connectivity index (χ0n) is 15.3. The molecule has 0 radical (unpaired) electrons. The molecule has 0 aliphatic heterocycles. The molecule has 0 fully saturated rings. The van der Waals surface area contributed by atoms with Crippen LogP contribution in [0, 0.1) is 5.82 Å². The second kappa shape index (κ2) is 10.2. The van der Waals surface area contributed by atoms with Crippen molar-refractivity contribution >= 4 is 29.4 Å². The molecule has 7 heteroatoms. The zero-order valence-corrected chi connectivity index (χ0v) is 16.1. The van der Waals surface area contributed by atoms with E-state index < -0.39 is 0 Å². The maximum Gasteiger partial charge on any atom is 0.265 e. The number of hydrogen-bond acceptors (Lipinski definition) is 4. The first kappa shape index (κ1) is 20.4. The van der Waals surface area contributed by atoms with Crippen LogP contribution in [-0.2, 0) is 16.2 Å². The minimum absolute atomic E-state index is 0.0511. The van der Waals surface area contributed by atoms with Crippen molar-refractivity contribution in [1.29, 1.82) is 0 Å². The van der Waals surface area contributed by atoms with Gasteiger partial charge < -0.3 is 14.9 Å². The Kier molecular flexibility index (Phi) is 7.19. The average molecular weight is 413 g/mol. The lowest BCUT2D eigenvalue weighted by molar-refractivity contribution is -0.120. The first-order valence-corrected chi connectivity index (χ1v) is 9.15. The van der Waals surface area contributed by atoms with Gasteiger partial charge in [0, 0.05) is 21.8 Å². The van der Waals surface area contributed by atoms with Gasteiger partial charge in [-0.2, -0.15) is 0 Å². The average Bonchev–Trinajstić information content (AvgIpc) is 2.72. The van der Waals surface area contributed by atoms with Crippen molar-refractivity contribution in [3.63, 3.8) is 0 Å². The van der Waals surface area contributed by atoms with Crippen LogP contribution < -0.4 is 10.1 Å². The highest BCUT2D eigenvalue weighted by atomic mass is 35.5. The van der Waals surface area contributed by atoms with E-state index in [2.05, 4.69) is 10.5 Å². The first-order valence-electron chi connectivity index (χ1n) is 8.78. The molecule has 0 heterocycles. The summed E-state index contributed by atoms with van der Waals surface area (Å²) < 4.78 is 19.4. The minimum atomic E-state index is -0.343. The van der Waals surface area contributed by atoms with Gasteiger partial charge in [0.2, 0.25) is 0 Å². The zero-order chi connectivity index (χ0) is 20.5. The van der Waals surface area contributed by atoms with Crippen LogP contribution in [0.25, 0.3) is 0 Å². The molecule has 0 spiro atoms. The van der Waals surface area contributed by atoms with Gasteiger partial charge in [0.1, 0.15) is 18.2 Å². The number of benzene rings is 3. The summed E-state index contributed by atoms with van der Waals surface area (Å²) in [6.45, 7) is -0.202. The van der Waals surface area contributed by atoms with E-state index in [9.17, 15) is 9.18 Å². The number of ether oxygens (including phenoxy) is 1. The van der Waals surface area contributed by atoms with Crippen LogP contribution in [0.15, 0.2) is 78.0 Å². The molecule has 0 atom stereocenters. The Bertz CT molecular complexity index is 996. The lowest BCUT2D eigenvalue weighted by Crippen LogP contribution is -2.16. The van der Waals surface area contributed by atoms with Crippen LogP contribution in [0.1, 0.15) is 11.1 Å². The lowest BCUT2D eigenvalue weighted by Gasteiger charge is -2.10. The monoisotopic (exact) mass is 412 g/mol. The third-order valence-electron chi connectivity index (χ3n) is 3.83. The van der Waals surface area contributed by atoms with Gasteiger partial charge in [-0.15, -0.1) is 0 Å². The van der Waals surface area contributed by atoms with Crippen molar-refractivity contribution in [1.82, 2.24) is 0 Å². The van der Waals surface area contributed by atoms with Crippen LogP contribution in [0.5, 0.6) is 5.75 Å². The van der Waals surface area contributed by atoms with Gasteiger partial charge in [0.25, 0.3) is 5.91 Å². The molecule has 0 aromatic heterocycles. The van der Waals surface area contributed by atoms with Gasteiger partial charge in [0.05, 0.1) is 6.21 Å². The number of rotatable bonds is 8. The van der Waals surface area contributed by atoms with Crippen molar-refractivity contribution in [2.45, 2.75) is 6.61 Å². The van der Waals surface area contributed by atoms with E-state index in [1.807, 2.05) is 18.2 Å². The number of amides is 1. The van der Waals surface area contributed by atoms with E-state index in [4.69, 9.17) is 21.2 Å². The number of halogens is 2. The van der Waals surface area contributed by atoms with Crippen LogP contribution in [0.4, 0.5) is 10.1 Å². The standard InChI is InChI=1S/C22H18ClFN2O3/c23-18-10-11-21(28-14-16-6-4-5-9-20(16)24)17(12-18)13-25-29-15-22(27)26-19-7-2-1-3-8-19/h1-13H,14-15H2,(H,26,27). The molecule has 3 aromatic rings. The quantitative estimate of drug-likeness (QED) is 0.416. The molecular formula is C22H18ClFN2O3. The third-order valence-corrected chi connectivity index (χ3v) is 4.07. The first-order chi connectivity index (χ1) is 14.1. The highest BCUT2D eigenvalue weighted by Gasteiger charge is 2.07. The predicted octanol–water partition coefficient (Wildman–Crippen LogP) is 5.05. The summed E-state index contributed by atoms with van der Waals surface area (Å²) in [5, 5.41) is 6.96. The fourth-order valence-electron chi connectivity index (χ4n) is 2.43. The number of carbonyl (C=O) groups excluding carboxylic acids is 1. The lowest BCUT2D eigenvalue weighted by atomic mass is 10.2. The van der Waals surface area contributed by atoms with Gasteiger partial charge in [-0.25, -0.2) is 4.39 Å². The molecule has 0 saturated heterocycles. The van der Waals surface area contributed by atoms with Crippen molar-refractivity contribution < 1.29 is 18.8 Å². The Balaban J connectivity index is 1.57. The molecule has 1 amide bonds. The largest absolute Gasteiger partial charge is 0.488 e. The number of hydrogen-bond donors (Lipinski definition) is 1. The fraction of sp³-hybridized carbons (Fsp3) is 0.0909. The van der Waals surface area contributed by atoms with Gasteiger partial charge in [0.15, 0.2) is 6.61 Å². The molecule has 1 N–H and O–H groups in total. The summed E-state index contributed by atoms with van der Waals surface area (Å²) in [5.41, 5.74) is 1.64. The Hall–Kier alpha value is -3.38. The highest BCUT2D eigenvalue weighted by Crippen LogP contribution is 2.23. The number of para-hydroxylation sites is 1. The Morgan fingerprint density at radius 3 is 2.62 bits per heavy atom. The van der Waals surface area contributed by atoms with Gasteiger partial charge in [-0.1, -0.05) is 53.2 Å². The molecule has 148 valence electrons. The molecule has 0 unspecified atom stereocenters. The van der Waals surface area contributed by atoms with E-state index in [1.165, 1.54) is 12.3 Å². The Labute approximate surface area is 172 Å². The SMILES string of the molecule is O=C(CON=Cc1cc(Cl)ccc1OCc1ccccc1F)Nc1ccccc1. The van der Waals surface area contributed by atoms with Gasteiger partial charge in [-0.3, -0.25) is 4.79 Å². The molecule has 0 aliphatic carbocycles. The van der Waals surface area contributed by atoms with E-state index in [-0.39, 0.29) is 24.9 Å². The van der Waals surface area contributed by atoms with E-state index in [0.717, 1.165) is 0 Å². The maximum atomic E-state index is 13.8. The van der Waals surface area contributed by atoms with E-state index >= 15 is 0 Å². The third kappa shape index (κ3) is 6.33. The molecule has 0 aliphatic rings. The van der Waals surface area contributed by atoms with Crippen LogP contribution in [0.2, 0.25) is 5.02 Å². The summed E-state index contributed by atoms with van der Waals surface area (Å²) in [5.74, 6) is -0.223. The van der Waals surface area contributed by atoms with Gasteiger partial charge >= 0.3 is 0 Å². The van der Waals surface area contributed by atoms with E-state index in [1.54, 1.807) is 48.5 Å². The highest BCUT2D eigenvalue weighted by molar-refractivity contribution is 6.30. The van der Waals surface area contributed by atoms with Crippen LogP contribution >= 0.6 is 11.6 Å². The summed E-state index contributed by atoms with van der Waals surface area (Å²) in [6, 6.07) is 20.3. The molecule has 0 bridgehead atoms. The number of anilines is 1. The summed E-state index contributed by atoms with van der Waals surface area (Å²) >= 11 is 6.03. The molecule has 5 nitrogen and oxygen atoms in total. The molecule has 0 saturated carbocycles. The Morgan fingerprint density at radius 2 is 1.83 bits per heavy atom. The fourth-order valence-corrected chi connectivity index (χ4v) is 2.61. The number of oxime groups is 1. The van der Waals surface area contributed by atoms with Crippen LogP contribution in [0.3, 0.4) is 0 Å². The molecule has 29 heavy (non-hydrogen) atoms. The molecular weight excluding hydrogens is 395 g/mol. The second-order valence-corrected chi connectivity index (χ2v) is 6.42. The normalized spacial score (nSPS) is 10.7. The maximum absolute atomic E-state index is 13.8. The van der Waals surface area contributed by atoms with Gasteiger partial charge in [-0.05, 0) is 36.4 Å². The smallest absolute Gasteiger partial charge is 0.265 e. The van der Waals surface area contributed by atoms with Crippen molar-refractivity contribution in [3.8, 4) is 5.75 Å². The van der Waals surface area contributed by atoms with E-state index in [0.29, 0.717) is 27.6 Å². The summed E-state index contributed by atoms with van der Waals surface area (Å²) in [6.07, 6.45) is 1.39.